The first-order chi connectivity index (χ1) is 12.7. The van der Waals surface area contributed by atoms with E-state index in [1.807, 2.05) is 0 Å². The predicted octanol–water partition coefficient (Wildman–Crippen LogP) is 4.31. The molecule has 0 aromatic heterocycles. The Balaban J connectivity index is 1.61. The van der Waals surface area contributed by atoms with Crippen molar-refractivity contribution in [1.29, 1.82) is 0 Å². The monoisotopic (exact) mass is 352 g/mol. The molecule has 4 atom stereocenters. The van der Waals surface area contributed by atoms with Crippen LogP contribution in [0.2, 0.25) is 0 Å². The van der Waals surface area contributed by atoms with Crippen LogP contribution in [-0.4, -0.2) is 35.2 Å². The zero-order chi connectivity index (χ0) is 18.4. The molecule has 0 saturated carbocycles. The number of benzene rings is 2. The minimum atomic E-state index is -0.335. The van der Waals surface area contributed by atoms with Crippen molar-refractivity contribution >= 4 is 0 Å². The number of rotatable bonds is 7. The zero-order valence-corrected chi connectivity index (χ0v) is 16.0. The van der Waals surface area contributed by atoms with Gasteiger partial charge in [-0.25, -0.2) is 0 Å². The number of aliphatic hydroxyl groups is 1. The second-order valence-corrected chi connectivity index (χ2v) is 7.46. The van der Waals surface area contributed by atoms with Gasteiger partial charge in [0.2, 0.25) is 0 Å². The van der Waals surface area contributed by atoms with Crippen molar-refractivity contribution in [3.8, 4) is 0 Å². The van der Waals surface area contributed by atoms with Gasteiger partial charge in [0.15, 0.2) is 0 Å². The number of likely N-dealkylation sites (tertiary alicyclic amines) is 1. The lowest BCUT2D eigenvalue weighted by Gasteiger charge is -2.41. The molecule has 1 aliphatic heterocycles. The Morgan fingerprint density at radius 3 is 2.23 bits per heavy atom. The third kappa shape index (κ3) is 4.73. The average molecular weight is 353 g/mol. The van der Waals surface area contributed by atoms with Crippen LogP contribution in [0, 0.1) is 0 Å². The van der Waals surface area contributed by atoms with E-state index >= 15 is 0 Å². The molecule has 0 radical (unpaired) electrons. The summed E-state index contributed by atoms with van der Waals surface area (Å²) in [4.78, 5) is 2.40. The van der Waals surface area contributed by atoms with E-state index in [0.717, 1.165) is 32.4 Å². The second kappa shape index (κ2) is 9.31. The van der Waals surface area contributed by atoms with E-state index in [1.165, 1.54) is 11.1 Å². The molecular weight excluding hydrogens is 320 g/mol. The SMILES string of the molecule is CCCC(NC1CCN(C(C)c2ccccc2)CC1O)c1ccccc1. The van der Waals surface area contributed by atoms with Gasteiger partial charge in [-0.2, -0.15) is 0 Å². The molecular formula is C23H32N2O. The summed E-state index contributed by atoms with van der Waals surface area (Å²) < 4.78 is 0. The molecule has 0 spiro atoms. The maximum Gasteiger partial charge on any atom is 0.0820 e. The van der Waals surface area contributed by atoms with Gasteiger partial charge in [-0.3, -0.25) is 4.90 Å². The Morgan fingerprint density at radius 2 is 1.65 bits per heavy atom. The molecule has 0 bridgehead atoms. The maximum atomic E-state index is 10.8. The standard InChI is InChI=1S/C23H32N2O/c1-3-10-21(20-13-8-5-9-14-20)24-22-15-16-25(17-23(22)26)18(2)19-11-6-4-7-12-19/h4-9,11-14,18,21-24,26H,3,10,15-17H2,1-2H3. The van der Waals surface area contributed by atoms with Gasteiger partial charge in [0.05, 0.1) is 6.10 Å². The van der Waals surface area contributed by atoms with Crippen LogP contribution in [0.3, 0.4) is 0 Å². The molecule has 2 N–H and O–H groups in total. The minimum absolute atomic E-state index is 0.158. The average Bonchev–Trinajstić information content (AvgIpc) is 2.69. The van der Waals surface area contributed by atoms with Crippen molar-refractivity contribution in [2.45, 2.75) is 57.3 Å². The number of hydrogen-bond acceptors (Lipinski definition) is 3. The highest BCUT2D eigenvalue weighted by Gasteiger charge is 2.31. The molecule has 2 aromatic rings. The Morgan fingerprint density at radius 1 is 1.04 bits per heavy atom. The summed E-state index contributed by atoms with van der Waals surface area (Å²) in [6, 6.07) is 22.0. The van der Waals surface area contributed by atoms with Gasteiger partial charge in [-0.15, -0.1) is 0 Å². The topological polar surface area (TPSA) is 35.5 Å². The summed E-state index contributed by atoms with van der Waals surface area (Å²) in [5, 5.41) is 14.5. The minimum Gasteiger partial charge on any atom is -0.390 e. The molecule has 3 heteroatoms. The molecule has 3 nitrogen and oxygen atoms in total. The number of nitrogens with zero attached hydrogens (tertiary/aromatic N) is 1. The van der Waals surface area contributed by atoms with Crippen LogP contribution in [0.5, 0.6) is 0 Å². The first kappa shape index (κ1) is 19.1. The molecule has 4 unspecified atom stereocenters. The van der Waals surface area contributed by atoms with Gasteiger partial charge < -0.3 is 10.4 Å². The van der Waals surface area contributed by atoms with Gasteiger partial charge in [-0.05, 0) is 30.9 Å². The van der Waals surface area contributed by atoms with Crippen molar-refractivity contribution in [3.63, 3.8) is 0 Å². The highest BCUT2D eigenvalue weighted by molar-refractivity contribution is 5.20. The fourth-order valence-electron chi connectivity index (χ4n) is 4.02. The van der Waals surface area contributed by atoms with Crippen LogP contribution in [0.1, 0.15) is 56.3 Å². The van der Waals surface area contributed by atoms with E-state index in [2.05, 4.69) is 84.7 Å². The van der Waals surface area contributed by atoms with Gasteiger partial charge in [0, 0.05) is 31.2 Å². The smallest absolute Gasteiger partial charge is 0.0820 e. The van der Waals surface area contributed by atoms with Crippen LogP contribution in [0.4, 0.5) is 0 Å². The highest BCUT2D eigenvalue weighted by atomic mass is 16.3. The van der Waals surface area contributed by atoms with Gasteiger partial charge in [0.25, 0.3) is 0 Å². The summed E-state index contributed by atoms with van der Waals surface area (Å²) >= 11 is 0. The van der Waals surface area contributed by atoms with E-state index in [0.29, 0.717) is 12.1 Å². The quantitative estimate of drug-likeness (QED) is 0.779. The Hall–Kier alpha value is -1.68. The highest BCUT2D eigenvalue weighted by Crippen LogP contribution is 2.26. The lowest BCUT2D eigenvalue weighted by molar-refractivity contribution is 0.0194. The van der Waals surface area contributed by atoms with E-state index in [-0.39, 0.29) is 12.1 Å². The van der Waals surface area contributed by atoms with E-state index in [4.69, 9.17) is 0 Å². The van der Waals surface area contributed by atoms with E-state index in [9.17, 15) is 5.11 Å². The fourth-order valence-corrected chi connectivity index (χ4v) is 4.02. The predicted molar refractivity (Wildman–Crippen MR) is 108 cm³/mol. The summed E-state index contributed by atoms with van der Waals surface area (Å²) in [6.45, 7) is 6.19. The van der Waals surface area contributed by atoms with Gasteiger partial charge >= 0.3 is 0 Å². The molecule has 1 heterocycles. The molecule has 0 aliphatic carbocycles. The van der Waals surface area contributed by atoms with Crippen molar-refractivity contribution < 1.29 is 5.11 Å². The van der Waals surface area contributed by atoms with Gasteiger partial charge in [-0.1, -0.05) is 74.0 Å². The normalized spacial score (nSPS) is 23.5. The Kier molecular flexibility index (Phi) is 6.84. The zero-order valence-electron chi connectivity index (χ0n) is 16.0. The maximum absolute atomic E-state index is 10.8. The molecule has 1 aliphatic rings. The molecule has 1 fully saturated rings. The van der Waals surface area contributed by atoms with Crippen molar-refractivity contribution in [3.05, 3.63) is 71.8 Å². The van der Waals surface area contributed by atoms with Crippen LogP contribution >= 0.6 is 0 Å². The fraction of sp³-hybridized carbons (Fsp3) is 0.478. The van der Waals surface area contributed by atoms with Crippen LogP contribution in [0.25, 0.3) is 0 Å². The summed E-state index contributed by atoms with van der Waals surface area (Å²) in [5.74, 6) is 0. The number of aliphatic hydroxyl groups excluding tert-OH is 1. The number of β-amino-alcohol motifs (C(OH)–C–C–N with tert-alkyl or cyclic N) is 1. The summed E-state index contributed by atoms with van der Waals surface area (Å²) in [5.41, 5.74) is 2.64. The summed E-state index contributed by atoms with van der Waals surface area (Å²) in [6.07, 6.45) is 2.87. The van der Waals surface area contributed by atoms with Crippen molar-refractivity contribution in [1.82, 2.24) is 10.2 Å². The second-order valence-electron chi connectivity index (χ2n) is 7.46. The van der Waals surface area contributed by atoms with E-state index < -0.39 is 0 Å². The Labute approximate surface area is 158 Å². The van der Waals surface area contributed by atoms with Gasteiger partial charge in [0.1, 0.15) is 0 Å². The number of nitrogens with one attached hydrogen (secondary N) is 1. The molecule has 26 heavy (non-hydrogen) atoms. The molecule has 0 amide bonds. The van der Waals surface area contributed by atoms with Crippen molar-refractivity contribution in [2.75, 3.05) is 13.1 Å². The first-order valence-corrected chi connectivity index (χ1v) is 9.97. The third-order valence-corrected chi connectivity index (χ3v) is 5.64. The lowest BCUT2D eigenvalue weighted by atomic mass is 9.95. The van der Waals surface area contributed by atoms with E-state index in [1.54, 1.807) is 0 Å². The third-order valence-electron chi connectivity index (χ3n) is 5.64. The van der Waals surface area contributed by atoms with Crippen LogP contribution in [-0.2, 0) is 0 Å². The molecule has 2 aromatic carbocycles. The number of hydrogen-bond donors (Lipinski definition) is 2. The van der Waals surface area contributed by atoms with Crippen molar-refractivity contribution in [2.24, 2.45) is 0 Å². The first-order valence-electron chi connectivity index (χ1n) is 9.97. The van der Waals surface area contributed by atoms with Crippen LogP contribution < -0.4 is 5.32 Å². The van der Waals surface area contributed by atoms with Crippen LogP contribution in [0.15, 0.2) is 60.7 Å². The largest absolute Gasteiger partial charge is 0.390 e. The summed E-state index contributed by atoms with van der Waals surface area (Å²) in [7, 11) is 0. The molecule has 1 saturated heterocycles. The Bertz CT molecular complexity index is 646. The number of piperidine rings is 1. The molecule has 3 rings (SSSR count). The molecule has 140 valence electrons. The lowest BCUT2D eigenvalue weighted by Crippen LogP contribution is -2.53.